The largest absolute Gasteiger partial charge is 0.455 e. The molecule has 9 aromatic carbocycles. The lowest BCUT2D eigenvalue weighted by molar-refractivity contribution is 0.673. The molecule has 0 fully saturated rings. The van der Waals surface area contributed by atoms with Crippen molar-refractivity contribution >= 4 is 49.8 Å². The van der Waals surface area contributed by atoms with Gasteiger partial charge in [-0.1, -0.05) is 164 Å². The molecule has 1 heterocycles. The first-order valence-corrected chi connectivity index (χ1v) is 17.4. The van der Waals surface area contributed by atoms with Gasteiger partial charge in [0.05, 0.1) is 17.8 Å². The van der Waals surface area contributed by atoms with Crippen molar-refractivity contribution in [2.24, 2.45) is 0 Å². The van der Waals surface area contributed by atoms with Crippen molar-refractivity contribution in [3.8, 4) is 44.5 Å². The van der Waals surface area contributed by atoms with Crippen LogP contribution >= 0.6 is 0 Å². The van der Waals surface area contributed by atoms with Crippen molar-refractivity contribution < 1.29 is 22.2 Å². The van der Waals surface area contributed by atoms with Crippen molar-refractivity contribution in [1.82, 2.24) is 0 Å². The number of anilines is 3. The molecule has 0 bridgehead atoms. The smallest absolute Gasteiger partial charge is 0.143 e. The van der Waals surface area contributed by atoms with E-state index in [0.29, 0.717) is 11.4 Å². The summed E-state index contributed by atoms with van der Waals surface area (Å²) < 4.78 is 121. The van der Waals surface area contributed by atoms with Crippen LogP contribution in [0.5, 0.6) is 0 Å². The third-order valence-electron chi connectivity index (χ3n) is 9.52. The standard InChI is InChI=1S/C52H35NO/c1-3-10-36(11-4-1)38-18-20-39(21-19-38)41-24-31-45(32-25-41)53(44-29-22-40(23-30-44)37-12-5-2-6-13-37)46-33-26-43(27-34-46)47-16-9-17-50-51(47)49-35-28-42-14-7-8-15-48(42)52(49)54-50/h1-35H/i1D,3D,4D,10D,11D,18D,19D,20D,21D,24D,25D,31D,32D. The lowest BCUT2D eigenvalue weighted by Gasteiger charge is -2.26. The van der Waals surface area contributed by atoms with E-state index in [-0.39, 0.29) is 5.69 Å². The topological polar surface area (TPSA) is 16.4 Å². The molecule has 1 aromatic heterocycles. The van der Waals surface area contributed by atoms with Crippen molar-refractivity contribution in [3.63, 3.8) is 0 Å². The molecule has 254 valence electrons. The van der Waals surface area contributed by atoms with Crippen LogP contribution in [0.4, 0.5) is 17.1 Å². The van der Waals surface area contributed by atoms with Crippen LogP contribution in [0.2, 0.25) is 0 Å². The fourth-order valence-electron chi connectivity index (χ4n) is 6.91. The Bertz CT molecular complexity index is 3580. The minimum absolute atomic E-state index is 0.139. The Balaban J connectivity index is 1.14. The summed E-state index contributed by atoms with van der Waals surface area (Å²) in [5.74, 6) is 0. The third-order valence-corrected chi connectivity index (χ3v) is 9.52. The summed E-state index contributed by atoms with van der Waals surface area (Å²) >= 11 is 0. The van der Waals surface area contributed by atoms with Gasteiger partial charge in [-0.3, -0.25) is 0 Å². The molecule has 2 heteroatoms. The summed E-state index contributed by atoms with van der Waals surface area (Å²) in [6.45, 7) is 0. The monoisotopic (exact) mass is 702 g/mol. The van der Waals surface area contributed by atoms with Gasteiger partial charge in [0.15, 0.2) is 0 Å². The van der Waals surface area contributed by atoms with Crippen LogP contribution in [0, 0.1) is 0 Å². The molecule has 0 saturated carbocycles. The van der Waals surface area contributed by atoms with Gasteiger partial charge >= 0.3 is 0 Å². The molecule has 0 spiro atoms. The average molecular weight is 703 g/mol. The van der Waals surface area contributed by atoms with Crippen molar-refractivity contribution in [2.45, 2.75) is 0 Å². The SMILES string of the molecule is [2H]c1c([2H])c([2H])c(-c2c([2H])c([2H])c(-c3c([2H])c([2H])c(N(c4ccc(-c5ccccc5)cc4)c4ccc(-c5cccc6oc7c8ccccc8ccc7c56)cc4)c([2H])c3[2H])c([2H])c2[2H])c([2H])c1[2H]. The van der Waals surface area contributed by atoms with Gasteiger partial charge in [0.25, 0.3) is 0 Å². The second-order valence-corrected chi connectivity index (χ2v) is 12.7. The first kappa shape index (κ1) is 20.8. The van der Waals surface area contributed by atoms with E-state index in [1.165, 1.54) is 0 Å². The van der Waals surface area contributed by atoms with Gasteiger partial charge in [-0.15, -0.1) is 0 Å². The molecule has 0 radical (unpaired) electrons. The number of nitrogens with zero attached hydrogens (tertiary/aromatic N) is 1. The van der Waals surface area contributed by atoms with Gasteiger partial charge in [0.1, 0.15) is 11.2 Å². The maximum Gasteiger partial charge on any atom is 0.143 e. The van der Waals surface area contributed by atoms with Gasteiger partial charge in [0, 0.05) is 33.2 Å². The van der Waals surface area contributed by atoms with Crippen LogP contribution in [-0.4, -0.2) is 0 Å². The second-order valence-electron chi connectivity index (χ2n) is 12.7. The highest BCUT2D eigenvalue weighted by molar-refractivity contribution is 6.19. The summed E-state index contributed by atoms with van der Waals surface area (Å²) in [5, 5.41) is 3.96. The molecule has 0 aliphatic heterocycles. The van der Waals surface area contributed by atoms with E-state index in [1.807, 2.05) is 121 Å². The predicted octanol–water partition coefficient (Wildman–Crippen LogP) is 14.9. The molecular weight excluding hydrogens is 655 g/mol. The van der Waals surface area contributed by atoms with Crippen molar-refractivity contribution in [3.05, 3.63) is 212 Å². The van der Waals surface area contributed by atoms with E-state index >= 15 is 0 Å². The summed E-state index contributed by atoms with van der Waals surface area (Å²) in [5.41, 5.74) is 3.89. The molecule has 54 heavy (non-hydrogen) atoms. The average Bonchev–Trinajstić information content (AvgIpc) is 3.75. The van der Waals surface area contributed by atoms with Crippen LogP contribution < -0.4 is 4.90 Å². The maximum absolute atomic E-state index is 9.49. The zero-order chi connectivity index (χ0) is 47.2. The van der Waals surface area contributed by atoms with Crippen LogP contribution in [0.1, 0.15) is 17.8 Å². The van der Waals surface area contributed by atoms with Crippen LogP contribution in [-0.2, 0) is 0 Å². The Morgan fingerprint density at radius 3 is 1.63 bits per heavy atom. The molecule has 0 aliphatic carbocycles. The van der Waals surface area contributed by atoms with Gasteiger partial charge in [0.2, 0.25) is 0 Å². The van der Waals surface area contributed by atoms with E-state index in [2.05, 4.69) is 12.1 Å². The summed E-state index contributed by atoms with van der Waals surface area (Å²) in [7, 11) is 0. The summed E-state index contributed by atoms with van der Waals surface area (Å²) in [6, 6.07) is 33.7. The van der Waals surface area contributed by atoms with Gasteiger partial charge in [-0.2, -0.15) is 0 Å². The Hall–Kier alpha value is -7.16. The third kappa shape index (κ3) is 5.71. The molecule has 2 nitrogen and oxygen atoms in total. The lowest BCUT2D eigenvalue weighted by Crippen LogP contribution is -2.09. The highest BCUT2D eigenvalue weighted by Crippen LogP contribution is 2.42. The highest BCUT2D eigenvalue weighted by atomic mass is 16.3. The van der Waals surface area contributed by atoms with Crippen LogP contribution in [0.15, 0.2) is 216 Å². The van der Waals surface area contributed by atoms with Crippen molar-refractivity contribution in [2.75, 3.05) is 4.90 Å². The quantitative estimate of drug-likeness (QED) is 0.164. The number of fused-ring (bicyclic) bond motifs is 5. The fourth-order valence-corrected chi connectivity index (χ4v) is 6.91. The molecular formula is C52H35NO. The van der Waals surface area contributed by atoms with Crippen molar-refractivity contribution in [1.29, 1.82) is 0 Å². The number of hydrogen-bond donors (Lipinski definition) is 0. The number of benzene rings is 9. The molecule has 0 atom stereocenters. The van der Waals surface area contributed by atoms with Gasteiger partial charge in [-0.25, -0.2) is 0 Å². The van der Waals surface area contributed by atoms with E-state index < -0.39 is 101 Å². The summed E-state index contributed by atoms with van der Waals surface area (Å²) in [6.07, 6.45) is 0. The second kappa shape index (κ2) is 13.4. The van der Waals surface area contributed by atoms with E-state index in [0.717, 1.165) is 55.0 Å². The molecule has 0 aliphatic rings. The first-order valence-electron chi connectivity index (χ1n) is 23.9. The maximum atomic E-state index is 9.49. The Morgan fingerprint density at radius 2 is 0.944 bits per heavy atom. The zero-order valence-corrected chi connectivity index (χ0v) is 28.6. The minimum atomic E-state index is -0.775. The number of rotatable bonds is 7. The summed E-state index contributed by atoms with van der Waals surface area (Å²) in [4.78, 5) is 1.61. The van der Waals surface area contributed by atoms with E-state index in [4.69, 9.17) is 16.8 Å². The molecule has 0 N–H and O–H groups in total. The molecule has 0 unspecified atom stereocenters. The van der Waals surface area contributed by atoms with Crippen LogP contribution in [0.3, 0.4) is 0 Å². The molecule has 0 amide bonds. The van der Waals surface area contributed by atoms with E-state index in [1.54, 1.807) is 4.90 Å². The highest BCUT2D eigenvalue weighted by Gasteiger charge is 2.17. The molecule has 10 rings (SSSR count). The fraction of sp³-hybridized carbons (Fsp3) is 0. The molecule has 0 saturated heterocycles. The molecule has 10 aromatic rings. The van der Waals surface area contributed by atoms with E-state index in [9.17, 15) is 5.48 Å². The van der Waals surface area contributed by atoms with Crippen LogP contribution in [0.25, 0.3) is 77.2 Å². The Labute approximate surface area is 333 Å². The van der Waals surface area contributed by atoms with Gasteiger partial charge in [-0.05, 0) is 98.4 Å². The predicted molar refractivity (Wildman–Crippen MR) is 228 cm³/mol. The lowest BCUT2D eigenvalue weighted by atomic mass is 9.97. The number of furan rings is 1. The first-order chi connectivity index (χ1) is 32.2. The zero-order valence-electron chi connectivity index (χ0n) is 41.6. The normalized spacial score (nSPS) is 14.7. The Kier molecular flexibility index (Phi) is 5.17. The minimum Gasteiger partial charge on any atom is -0.455 e. The van der Waals surface area contributed by atoms with Gasteiger partial charge < -0.3 is 9.32 Å². The Morgan fingerprint density at radius 1 is 0.370 bits per heavy atom. The number of hydrogen-bond acceptors (Lipinski definition) is 2.